The molecule has 0 radical (unpaired) electrons. The predicted octanol–water partition coefficient (Wildman–Crippen LogP) is 5.45. The number of fused-ring (bicyclic) bond motifs is 2. The number of hydrogen-bond donors (Lipinski definition) is 2. The molecule has 9 rings (SSSR count). The molecule has 1 aliphatic carbocycles. The number of hydrogen-bond acceptors (Lipinski definition) is 8. The molecule has 2 N–H and O–H groups in total. The Hall–Kier alpha value is -4.48. The van der Waals surface area contributed by atoms with E-state index >= 15 is 4.39 Å². The number of piperazine rings is 1. The first-order valence-electron chi connectivity index (χ1n) is 20.5. The van der Waals surface area contributed by atoms with Crippen LogP contribution in [0.3, 0.4) is 0 Å². The molecule has 0 saturated carbocycles. The minimum atomic E-state index is -0.603. The Morgan fingerprint density at radius 3 is 2.35 bits per heavy atom. The zero-order valence-electron chi connectivity index (χ0n) is 31.6. The summed E-state index contributed by atoms with van der Waals surface area (Å²) in [5, 5.41) is 12.6. The van der Waals surface area contributed by atoms with Gasteiger partial charge in [-0.05, 0) is 127 Å². The van der Waals surface area contributed by atoms with Crippen LogP contribution in [0, 0.1) is 23.6 Å². The highest BCUT2D eigenvalue weighted by Gasteiger charge is 2.40. The number of anilines is 2. The molecular weight excluding hydrogens is 698 g/mol. The summed E-state index contributed by atoms with van der Waals surface area (Å²) in [5.41, 5.74) is 6.84. The Labute approximate surface area is 322 Å². The van der Waals surface area contributed by atoms with Crippen LogP contribution in [-0.2, 0) is 27.3 Å². The molecule has 3 aromatic rings. The highest BCUT2D eigenvalue weighted by Crippen LogP contribution is 2.48. The molecule has 290 valence electrons. The molecule has 0 bridgehead atoms. The number of aromatic hydroxyl groups is 1. The zero-order valence-corrected chi connectivity index (χ0v) is 31.6. The fraction of sp³-hybridized carbons (Fsp3) is 0.523. The summed E-state index contributed by atoms with van der Waals surface area (Å²) >= 11 is 0. The van der Waals surface area contributed by atoms with Gasteiger partial charge in [0.05, 0.1) is 5.69 Å². The molecule has 5 heterocycles. The summed E-state index contributed by atoms with van der Waals surface area (Å²) in [6.07, 6.45) is 6.77. The number of nitrogens with one attached hydrogen (secondary N) is 1. The SMILES string of the molecule is O=C1CCC(N2Cc3cc(N4CCN(CC5CCN(c6ccc([C@H]7c8ccc(O)cc8CC[C@H]7C7CCOCC7)cc6F)CC5)CC4)ccc3C2=O)C(=O)N1. The molecule has 0 spiro atoms. The van der Waals surface area contributed by atoms with E-state index in [0.29, 0.717) is 47.7 Å². The molecule has 3 amide bonds. The van der Waals surface area contributed by atoms with Gasteiger partial charge >= 0.3 is 0 Å². The van der Waals surface area contributed by atoms with Gasteiger partial charge in [0.2, 0.25) is 11.8 Å². The largest absolute Gasteiger partial charge is 0.508 e. The third-order valence-electron chi connectivity index (χ3n) is 13.6. The fourth-order valence-corrected chi connectivity index (χ4v) is 10.6. The van der Waals surface area contributed by atoms with E-state index in [0.717, 1.165) is 114 Å². The third-order valence-corrected chi connectivity index (χ3v) is 13.6. The van der Waals surface area contributed by atoms with Gasteiger partial charge in [0.25, 0.3) is 5.91 Å². The molecule has 10 nitrogen and oxygen atoms in total. The van der Waals surface area contributed by atoms with Gasteiger partial charge in [0.1, 0.15) is 17.6 Å². The molecule has 4 fully saturated rings. The van der Waals surface area contributed by atoms with Crippen molar-refractivity contribution in [3.05, 3.63) is 88.2 Å². The van der Waals surface area contributed by atoms with Crippen molar-refractivity contribution in [1.29, 1.82) is 0 Å². The lowest BCUT2D eigenvalue weighted by Gasteiger charge is -2.41. The second kappa shape index (κ2) is 15.2. The number of benzene rings is 3. The lowest BCUT2D eigenvalue weighted by molar-refractivity contribution is -0.136. The predicted molar refractivity (Wildman–Crippen MR) is 208 cm³/mol. The Morgan fingerprint density at radius 1 is 0.782 bits per heavy atom. The third kappa shape index (κ3) is 7.21. The van der Waals surface area contributed by atoms with Crippen LogP contribution in [0.15, 0.2) is 54.6 Å². The Bertz CT molecular complexity index is 1950. The van der Waals surface area contributed by atoms with Gasteiger partial charge in [-0.15, -0.1) is 0 Å². The summed E-state index contributed by atoms with van der Waals surface area (Å²) in [4.78, 5) is 46.0. The number of phenolic OH excluding ortho intramolecular Hbond substituents is 1. The van der Waals surface area contributed by atoms with Crippen molar-refractivity contribution in [2.45, 2.75) is 69.9 Å². The number of amides is 3. The highest BCUT2D eigenvalue weighted by molar-refractivity contribution is 6.05. The topological polar surface area (TPSA) is 106 Å². The smallest absolute Gasteiger partial charge is 0.255 e. The Balaban J connectivity index is 0.787. The van der Waals surface area contributed by atoms with Gasteiger partial charge in [-0.25, -0.2) is 4.39 Å². The van der Waals surface area contributed by atoms with E-state index in [1.165, 1.54) is 11.1 Å². The maximum absolute atomic E-state index is 16.1. The summed E-state index contributed by atoms with van der Waals surface area (Å²) in [6, 6.07) is 17.1. The van der Waals surface area contributed by atoms with Crippen LogP contribution in [0.5, 0.6) is 5.75 Å². The van der Waals surface area contributed by atoms with E-state index in [2.05, 4.69) is 38.2 Å². The van der Waals surface area contributed by atoms with Gasteiger partial charge in [-0.1, -0.05) is 12.1 Å². The van der Waals surface area contributed by atoms with Gasteiger partial charge in [0.15, 0.2) is 0 Å². The van der Waals surface area contributed by atoms with Gasteiger partial charge < -0.3 is 24.5 Å². The quantitative estimate of drug-likeness (QED) is 0.308. The van der Waals surface area contributed by atoms with Crippen molar-refractivity contribution < 1.29 is 28.6 Å². The number of nitrogens with zero attached hydrogens (tertiary/aromatic N) is 4. The average molecular weight is 750 g/mol. The van der Waals surface area contributed by atoms with Crippen LogP contribution < -0.4 is 15.1 Å². The van der Waals surface area contributed by atoms with Gasteiger partial charge in [-0.3, -0.25) is 24.6 Å². The maximum atomic E-state index is 16.1. The molecule has 6 aliphatic rings. The lowest BCUT2D eigenvalue weighted by atomic mass is 9.65. The summed E-state index contributed by atoms with van der Waals surface area (Å²) < 4.78 is 21.8. The number of piperidine rings is 2. The highest BCUT2D eigenvalue weighted by atomic mass is 19.1. The molecule has 5 aliphatic heterocycles. The van der Waals surface area contributed by atoms with Crippen molar-refractivity contribution in [1.82, 2.24) is 15.1 Å². The monoisotopic (exact) mass is 749 g/mol. The number of phenols is 1. The van der Waals surface area contributed by atoms with E-state index in [-0.39, 0.29) is 35.9 Å². The number of ether oxygens (including phenoxy) is 1. The van der Waals surface area contributed by atoms with Crippen LogP contribution in [0.1, 0.15) is 83.5 Å². The molecule has 11 heteroatoms. The first-order valence-corrected chi connectivity index (χ1v) is 20.5. The first-order chi connectivity index (χ1) is 26.8. The van der Waals surface area contributed by atoms with Crippen LogP contribution in [0.25, 0.3) is 0 Å². The minimum absolute atomic E-state index is 0.115. The summed E-state index contributed by atoms with van der Waals surface area (Å²) in [7, 11) is 0. The zero-order chi connectivity index (χ0) is 37.6. The van der Waals surface area contributed by atoms with E-state index in [1.54, 1.807) is 17.0 Å². The van der Waals surface area contributed by atoms with Crippen LogP contribution in [0.4, 0.5) is 15.8 Å². The summed E-state index contributed by atoms with van der Waals surface area (Å²) in [6.45, 7) is 8.47. The molecule has 4 saturated heterocycles. The molecule has 0 aromatic heterocycles. The molecular formula is C44H52FN5O5. The minimum Gasteiger partial charge on any atom is -0.508 e. The number of aryl methyl sites for hydroxylation is 1. The lowest BCUT2D eigenvalue weighted by Crippen LogP contribution is -2.52. The molecule has 3 atom stereocenters. The van der Waals surface area contributed by atoms with E-state index in [9.17, 15) is 19.5 Å². The van der Waals surface area contributed by atoms with Crippen LogP contribution >= 0.6 is 0 Å². The van der Waals surface area contributed by atoms with Crippen molar-refractivity contribution in [2.24, 2.45) is 17.8 Å². The Morgan fingerprint density at radius 2 is 1.58 bits per heavy atom. The number of halogens is 1. The van der Waals surface area contributed by atoms with Crippen LogP contribution in [0.2, 0.25) is 0 Å². The van der Waals surface area contributed by atoms with E-state index in [1.807, 2.05) is 24.3 Å². The number of rotatable bonds is 7. The van der Waals surface area contributed by atoms with Crippen LogP contribution in [-0.4, -0.2) is 97.7 Å². The fourth-order valence-electron chi connectivity index (χ4n) is 10.6. The van der Waals surface area contributed by atoms with E-state index in [4.69, 9.17) is 4.74 Å². The van der Waals surface area contributed by atoms with E-state index < -0.39 is 6.04 Å². The molecule has 1 unspecified atom stereocenters. The standard InChI is InChI=1S/C44H52FN5O5/c45-38-25-31(42-35(29-13-21-55-22-14-29)5-1-30-24-34(51)4-7-36(30)42)2-8-39(38)49-15-11-28(12-16-49)26-47-17-19-48(20-18-47)33-3-6-37-32(23-33)27-50(44(37)54)40-9-10-41(52)46-43(40)53/h2-4,6-8,23-25,28-29,35,40,42,51H,1,5,9-22,26-27H2,(H,46,52,53)/t35-,40?,42+/m0/s1. The average Bonchev–Trinajstić information content (AvgIpc) is 3.53. The number of imide groups is 1. The van der Waals surface area contributed by atoms with Gasteiger partial charge in [-0.2, -0.15) is 0 Å². The molecule has 3 aromatic carbocycles. The summed E-state index contributed by atoms with van der Waals surface area (Å²) in [5.74, 6) is 1.03. The first kappa shape index (κ1) is 36.2. The Kier molecular flexibility index (Phi) is 10.0. The van der Waals surface area contributed by atoms with Crippen molar-refractivity contribution in [2.75, 3.05) is 68.8 Å². The second-order valence-corrected chi connectivity index (χ2v) is 16.7. The van der Waals surface area contributed by atoms with Crippen molar-refractivity contribution in [3.8, 4) is 5.75 Å². The second-order valence-electron chi connectivity index (χ2n) is 16.7. The van der Waals surface area contributed by atoms with Crippen molar-refractivity contribution in [3.63, 3.8) is 0 Å². The number of carbonyl (C=O) groups is 3. The van der Waals surface area contributed by atoms with Gasteiger partial charge in [0, 0.05) is 89.2 Å². The molecule has 55 heavy (non-hydrogen) atoms. The number of carbonyl (C=O) groups excluding carboxylic acids is 3. The van der Waals surface area contributed by atoms with Crippen molar-refractivity contribution >= 4 is 29.1 Å². The normalized spacial score (nSPS) is 25.6. The maximum Gasteiger partial charge on any atom is 0.255 e.